The fraction of sp³-hybridized carbons (Fsp3) is 0.636. The van der Waals surface area contributed by atoms with E-state index in [4.69, 9.17) is 5.11 Å². The lowest BCUT2D eigenvalue weighted by molar-refractivity contribution is 0.0678. The molecule has 1 aromatic heterocycles. The number of nitrogens with one attached hydrogen (secondary N) is 1. The molecule has 2 rings (SSSR count). The van der Waals surface area contributed by atoms with E-state index in [0.717, 1.165) is 5.69 Å². The fourth-order valence-electron chi connectivity index (χ4n) is 1.83. The van der Waals surface area contributed by atoms with E-state index in [0.29, 0.717) is 19.1 Å². The van der Waals surface area contributed by atoms with Crippen LogP contribution in [0.3, 0.4) is 0 Å². The third kappa shape index (κ3) is 2.24. The van der Waals surface area contributed by atoms with Crippen molar-refractivity contribution in [2.24, 2.45) is 0 Å². The van der Waals surface area contributed by atoms with Crippen LogP contribution in [0, 0.1) is 0 Å². The lowest BCUT2D eigenvalue weighted by Gasteiger charge is -2.26. The predicted octanol–water partition coefficient (Wildman–Crippen LogP) is 1.24. The van der Waals surface area contributed by atoms with Crippen LogP contribution in [0.15, 0.2) is 6.20 Å². The van der Waals surface area contributed by atoms with E-state index in [-0.39, 0.29) is 5.82 Å². The first-order valence-electron chi connectivity index (χ1n) is 5.73. The van der Waals surface area contributed by atoms with E-state index in [1.807, 2.05) is 13.1 Å². The number of nitrogens with zero attached hydrogens (tertiary/aromatic N) is 2. The van der Waals surface area contributed by atoms with Crippen LogP contribution < -0.4 is 5.32 Å². The van der Waals surface area contributed by atoms with Gasteiger partial charge >= 0.3 is 5.97 Å². The lowest BCUT2D eigenvalue weighted by atomic mass is 9.93. The summed E-state index contributed by atoms with van der Waals surface area (Å²) < 4.78 is 1.67. The maximum Gasteiger partial charge on any atom is 0.372 e. The minimum atomic E-state index is -0.961. The maximum absolute atomic E-state index is 10.9. The Hall–Kier alpha value is -1.36. The normalized spacial score (nSPS) is 16.1. The second kappa shape index (κ2) is 4.65. The van der Waals surface area contributed by atoms with Crippen LogP contribution in [0.1, 0.15) is 42.5 Å². The minimum Gasteiger partial charge on any atom is -0.475 e. The largest absolute Gasteiger partial charge is 0.475 e. The van der Waals surface area contributed by atoms with Crippen LogP contribution in [-0.4, -0.2) is 26.7 Å². The van der Waals surface area contributed by atoms with Gasteiger partial charge in [-0.1, -0.05) is 6.42 Å². The maximum atomic E-state index is 10.9. The Bertz CT molecular complexity index is 383. The van der Waals surface area contributed by atoms with Gasteiger partial charge in [-0.25, -0.2) is 9.78 Å². The minimum absolute atomic E-state index is 0.132. The molecule has 0 amide bonds. The number of rotatable bonds is 5. The quantitative estimate of drug-likeness (QED) is 0.788. The van der Waals surface area contributed by atoms with E-state index < -0.39 is 5.97 Å². The fourth-order valence-corrected chi connectivity index (χ4v) is 1.83. The molecular weight excluding hydrogens is 206 g/mol. The van der Waals surface area contributed by atoms with Gasteiger partial charge in [0.15, 0.2) is 0 Å². The van der Waals surface area contributed by atoms with Crippen molar-refractivity contribution in [3.8, 4) is 0 Å². The van der Waals surface area contributed by atoms with Crippen molar-refractivity contribution in [1.82, 2.24) is 14.9 Å². The predicted molar refractivity (Wildman–Crippen MR) is 59.3 cm³/mol. The zero-order valence-corrected chi connectivity index (χ0v) is 9.44. The summed E-state index contributed by atoms with van der Waals surface area (Å²) in [6, 6.07) is 0.597. The van der Waals surface area contributed by atoms with Gasteiger partial charge in [-0.2, -0.15) is 0 Å². The van der Waals surface area contributed by atoms with E-state index in [1.54, 1.807) is 4.57 Å². The molecule has 0 unspecified atom stereocenters. The molecule has 5 nitrogen and oxygen atoms in total. The monoisotopic (exact) mass is 223 g/mol. The number of hydrogen-bond acceptors (Lipinski definition) is 3. The van der Waals surface area contributed by atoms with Gasteiger partial charge in [0.1, 0.15) is 0 Å². The Labute approximate surface area is 94.5 Å². The van der Waals surface area contributed by atoms with Crippen LogP contribution in [-0.2, 0) is 13.1 Å². The number of carboxylic acids is 1. The Kier molecular flexibility index (Phi) is 3.24. The van der Waals surface area contributed by atoms with Crippen molar-refractivity contribution in [3.05, 3.63) is 17.7 Å². The van der Waals surface area contributed by atoms with Gasteiger partial charge in [0.25, 0.3) is 0 Å². The first kappa shape index (κ1) is 11.1. The van der Waals surface area contributed by atoms with Crippen LogP contribution in [0.25, 0.3) is 0 Å². The number of hydrogen-bond donors (Lipinski definition) is 2. The van der Waals surface area contributed by atoms with Gasteiger partial charge in [-0.15, -0.1) is 0 Å². The first-order chi connectivity index (χ1) is 7.70. The highest BCUT2D eigenvalue weighted by atomic mass is 16.4. The molecule has 16 heavy (non-hydrogen) atoms. The number of carbonyl (C=O) groups is 1. The van der Waals surface area contributed by atoms with Crippen LogP contribution >= 0.6 is 0 Å². The highest BCUT2D eigenvalue weighted by molar-refractivity contribution is 5.83. The molecule has 88 valence electrons. The average Bonchev–Trinajstić information content (AvgIpc) is 2.59. The molecule has 0 spiro atoms. The van der Waals surface area contributed by atoms with Gasteiger partial charge in [0, 0.05) is 25.3 Å². The van der Waals surface area contributed by atoms with Crippen molar-refractivity contribution < 1.29 is 9.90 Å². The molecular formula is C11H17N3O2. The summed E-state index contributed by atoms with van der Waals surface area (Å²) in [5.41, 5.74) is 0.811. The molecule has 1 fully saturated rings. The second-order valence-electron chi connectivity index (χ2n) is 4.16. The summed E-state index contributed by atoms with van der Waals surface area (Å²) in [5.74, 6) is -0.829. The Morgan fingerprint density at radius 2 is 2.44 bits per heavy atom. The standard InChI is InChI=1S/C11H17N3O2/c1-2-14-7-9(13-10(14)11(15)16)6-12-8-4-3-5-8/h7-8,12H,2-6H2,1H3,(H,15,16). The number of imidazole rings is 1. The van der Waals surface area contributed by atoms with E-state index in [2.05, 4.69) is 10.3 Å². The van der Waals surface area contributed by atoms with Crippen molar-refractivity contribution >= 4 is 5.97 Å². The van der Waals surface area contributed by atoms with Crippen molar-refractivity contribution in [2.45, 2.75) is 45.3 Å². The molecule has 0 aromatic carbocycles. The first-order valence-corrected chi connectivity index (χ1v) is 5.73. The summed E-state index contributed by atoms with van der Waals surface area (Å²) in [6.07, 6.45) is 5.55. The highest BCUT2D eigenvalue weighted by Gasteiger charge is 2.18. The number of aromatic carboxylic acids is 1. The third-order valence-electron chi connectivity index (χ3n) is 3.04. The van der Waals surface area contributed by atoms with Crippen LogP contribution in [0.5, 0.6) is 0 Å². The van der Waals surface area contributed by atoms with Gasteiger partial charge in [0.05, 0.1) is 5.69 Å². The topological polar surface area (TPSA) is 67.2 Å². The van der Waals surface area contributed by atoms with Gasteiger partial charge in [-0.3, -0.25) is 0 Å². The number of aromatic nitrogens is 2. The average molecular weight is 223 g/mol. The number of carboxylic acid groups (broad SMARTS) is 1. The van der Waals surface area contributed by atoms with E-state index in [1.165, 1.54) is 19.3 Å². The second-order valence-corrected chi connectivity index (χ2v) is 4.16. The Balaban J connectivity index is 2.00. The molecule has 1 aromatic rings. The Morgan fingerprint density at radius 1 is 1.69 bits per heavy atom. The summed E-state index contributed by atoms with van der Waals surface area (Å²) in [4.78, 5) is 15.0. The molecule has 5 heteroatoms. The number of aryl methyl sites for hydroxylation is 1. The molecule has 0 saturated heterocycles. The zero-order chi connectivity index (χ0) is 11.5. The zero-order valence-electron chi connectivity index (χ0n) is 9.44. The van der Waals surface area contributed by atoms with Crippen LogP contribution in [0.4, 0.5) is 0 Å². The smallest absolute Gasteiger partial charge is 0.372 e. The summed E-state index contributed by atoms with van der Waals surface area (Å²) in [7, 11) is 0. The molecule has 1 heterocycles. The Morgan fingerprint density at radius 3 is 2.88 bits per heavy atom. The molecule has 0 atom stereocenters. The van der Waals surface area contributed by atoms with Gasteiger partial charge < -0.3 is 15.0 Å². The van der Waals surface area contributed by atoms with Gasteiger partial charge in [0.2, 0.25) is 5.82 Å². The molecule has 0 bridgehead atoms. The molecule has 1 aliphatic rings. The van der Waals surface area contributed by atoms with E-state index in [9.17, 15) is 4.79 Å². The lowest BCUT2D eigenvalue weighted by Crippen LogP contribution is -2.34. The molecule has 2 N–H and O–H groups in total. The molecule has 1 saturated carbocycles. The van der Waals surface area contributed by atoms with E-state index >= 15 is 0 Å². The summed E-state index contributed by atoms with van der Waals surface area (Å²) >= 11 is 0. The summed E-state index contributed by atoms with van der Waals surface area (Å²) in [5, 5.41) is 12.3. The molecule has 0 radical (unpaired) electrons. The molecule has 0 aliphatic heterocycles. The summed E-state index contributed by atoms with van der Waals surface area (Å²) in [6.45, 7) is 3.22. The van der Waals surface area contributed by atoms with Crippen molar-refractivity contribution in [2.75, 3.05) is 0 Å². The van der Waals surface area contributed by atoms with Crippen LogP contribution in [0.2, 0.25) is 0 Å². The highest BCUT2D eigenvalue weighted by Crippen LogP contribution is 2.18. The van der Waals surface area contributed by atoms with Gasteiger partial charge in [-0.05, 0) is 19.8 Å². The SMILES string of the molecule is CCn1cc(CNC2CCC2)nc1C(=O)O. The van der Waals surface area contributed by atoms with Crippen molar-refractivity contribution in [1.29, 1.82) is 0 Å². The third-order valence-corrected chi connectivity index (χ3v) is 3.04. The van der Waals surface area contributed by atoms with Crippen molar-refractivity contribution in [3.63, 3.8) is 0 Å². The molecule has 1 aliphatic carbocycles.